The van der Waals surface area contributed by atoms with Crippen molar-refractivity contribution in [2.75, 3.05) is 5.32 Å². The zero-order valence-electron chi connectivity index (χ0n) is 13.9. The van der Waals surface area contributed by atoms with Crippen molar-refractivity contribution < 1.29 is 9.00 Å². The van der Waals surface area contributed by atoms with Crippen LogP contribution >= 0.6 is 0 Å². The lowest BCUT2D eigenvalue weighted by Gasteiger charge is -2.10. The summed E-state index contributed by atoms with van der Waals surface area (Å²) in [6, 6.07) is 24.3. The van der Waals surface area contributed by atoms with Crippen LogP contribution in [0.3, 0.4) is 0 Å². The maximum absolute atomic E-state index is 12.9. The first-order chi connectivity index (χ1) is 12.1. The van der Waals surface area contributed by atoms with Gasteiger partial charge in [-0.2, -0.15) is 0 Å². The van der Waals surface area contributed by atoms with Crippen LogP contribution < -0.4 is 5.32 Å². The minimum absolute atomic E-state index is 0.125. The first-order valence-corrected chi connectivity index (χ1v) is 9.20. The Hall–Kier alpha value is -2.72. The zero-order valence-corrected chi connectivity index (χ0v) is 14.8. The molecule has 3 aromatic rings. The topological polar surface area (TPSA) is 46.2 Å². The molecule has 0 radical (unpaired) electrons. The first kappa shape index (κ1) is 17.1. The Labute approximate surface area is 150 Å². The molecule has 0 aliphatic heterocycles. The lowest BCUT2D eigenvalue weighted by molar-refractivity contribution is -0.115. The highest BCUT2D eigenvalue weighted by atomic mass is 32.2. The van der Waals surface area contributed by atoms with Gasteiger partial charge in [0.25, 0.3) is 0 Å². The number of carbonyl (C=O) groups excluding carboxylic acids is 1. The Bertz CT molecular complexity index is 889. The van der Waals surface area contributed by atoms with Crippen molar-refractivity contribution in [3.05, 3.63) is 90.0 Å². The molecular weight excluding hydrogens is 330 g/mol. The predicted molar refractivity (Wildman–Crippen MR) is 101 cm³/mol. The molecule has 0 heterocycles. The van der Waals surface area contributed by atoms with Gasteiger partial charge >= 0.3 is 0 Å². The minimum Gasteiger partial charge on any atom is -0.326 e. The average molecular weight is 349 g/mol. The predicted octanol–water partition coefficient (Wildman–Crippen LogP) is 4.34. The SMILES string of the molecule is Cc1ccc(S(=O)c2ccccc2CC(=O)Nc2ccccc2)cc1. The number of para-hydroxylation sites is 1. The van der Waals surface area contributed by atoms with Crippen molar-refractivity contribution in [3.63, 3.8) is 0 Å². The van der Waals surface area contributed by atoms with E-state index < -0.39 is 10.8 Å². The Kier molecular flexibility index (Phi) is 5.41. The molecule has 4 heteroatoms. The highest BCUT2D eigenvalue weighted by molar-refractivity contribution is 7.85. The number of carbonyl (C=O) groups is 1. The van der Waals surface area contributed by atoms with Crippen LogP contribution in [-0.4, -0.2) is 10.1 Å². The second kappa shape index (κ2) is 7.90. The molecule has 0 aliphatic rings. The van der Waals surface area contributed by atoms with Crippen molar-refractivity contribution in [1.82, 2.24) is 0 Å². The van der Waals surface area contributed by atoms with Crippen LogP contribution in [0.25, 0.3) is 0 Å². The van der Waals surface area contributed by atoms with Gasteiger partial charge in [0, 0.05) is 15.5 Å². The summed E-state index contributed by atoms with van der Waals surface area (Å²) in [5.74, 6) is -0.125. The van der Waals surface area contributed by atoms with Crippen molar-refractivity contribution in [3.8, 4) is 0 Å². The Morgan fingerprint density at radius 3 is 2.24 bits per heavy atom. The zero-order chi connectivity index (χ0) is 17.6. The molecule has 126 valence electrons. The largest absolute Gasteiger partial charge is 0.326 e. The van der Waals surface area contributed by atoms with Crippen molar-refractivity contribution >= 4 is 22.4 Å². The van der Waals surface area contributed by atoms with Crippen LogP contribution in [0, 0.1) is 6.92 Å². The Morgan fingerprint density at radius 1 is 0.880 bits per heavy atom. The van der Waals surface area contributed by atoms with E-state index >= 15 is 0 Å². The fraction of sp³-hybridized carbons (Fsp3) is 0.0952. The van der Waals surface area contributed by atoms with Crippen molar-refractivity contribution in [2.45, 2.75) is 23.1 Å². The van der Waals surface area contributed by atoms with Gasteiger partial charge in [0.2, 0.25) is 5.91 Å². The fourth-order valence-electron chi connectivity index (χ4n) is 2.52. The van der Waals surface area contributed by atoms with E-state index in [1.165, 1.54) is 0 Å². The van der Waals surface area contributed by atoms with Crippen LogP contribution in [0.15, 0.2) is 88.7 Å². The molecule has 0 saturated carbocycles. The summed E-state index contributed by atoms with van der Waals surface area (Å²) in [6.45, 7) is 1.99. The second-order valence-electron chi connectivity index (χ2n) is 5.78. The maximum atomic E-state index is 12.9. The van der Waals surface area contributed by atoms with E-state index in [0.717, 1.165) is 21.7 Å². The number of rotatable bonds is 5. The highest BCUT2D eigenvalue weighted by Gasteiger charge is 2.14. The quantitative estimate of drug-likeness (QED) is 0.745. The number of aryl methyl sites for hydroxylation is 1. The molecular formula is C21H19NO2S. The van der Waals surface area contributed by atoms with E-state index in [4.69, 9.17) is 0 Å². The molecule has 1 N–H and O–H groups in total. The Morgan fingerprint density at radius 2 is 1.52 bits per heavy atom. The van der Waals surface area contributed by atoms with Gasteiger partial charge in [-0.25, -0.2) is 4.21 Å². The van der Waals surface area contributed by atoms with E-state index in [9.17, 15) is 9.00 Å². The van der Waals surface area contributed by atoms with Crippen LogP contribution in [0.4, 0.5) is 5.69 Å². The van der Waals surface area contributed by atoms with E-state index in [0.29, 0.717) is 4.90 Å². The summed E-state index contributed by atoms with van der Waals surface area (Å²) in [6.07, 6.45) is 0.183. The smallest absolute Gasteiger partial charge is 0.228 e. The number of hydrogen-bond donors (Lipinski definition) is 1. The third-order valence-electron chi connectivity index (χ3n) is 3.82. The van der Waals surface area contributed by atoms with Gasteiger partial charge in [0.15, 0.2) is 0 Å². The van der Waals surface area contributed by atoms with Gasteiger partial charge in [-0.05, 0) is 42.8 Å². The van der Waals surface area contributed by atoms with Crippen molar-refractivity contribution in [1.29, 1.82) is 0 Å². The monoisotopic (exact) mass is 349 g/mol. The van der Waals surface area contributed by atoms with E-state index in [2.05, 4.69) is 5.32 Å². The molecule has 3 nitrogen and oxygen atoms in total. The number of anilines is 1. The number of hydrogen-bond acceptors (Lipinski definition) is 2. The highest BCUT2D eigenvalue weighted by Crippen LogP contribution is 2.21. The lowest BCUT2D eigenvalue weighted by atomic mass is 10.1. The number of nitrogens with one attached hydrogen (secondary N) is 1. The fourth-order valence-corrected chi connectivity index (χ4v) is 3.74. The summed E-state index contributed by atoms with van der Waals surface area (Å²) in [4.78, 5) is 13.7. The number of amides is 1. The first-order valence-electron chi connectivity index (χ1n) is 8.05. The van der Waals surface area contributed by atoms with Crippen LogP contribution in [0.5, 0.6) is 0 Å². The van der Waals surface area contributed by atoms with E-state index in [1.54, 1.807) is 0 Å². The molecule has 0 bridgehead atoms. The van der Waals surface area contributed by atoms with E-state index in [-0.39, 0.29) is 12.3 Å². The molecule has 0 aliphatic carbocycles. The third-order valence-corrected chi connectivity index (χ3v) is 5.31. The second-order valence-corrected chi connectivity index (χ2v) is 7.23. The summed E-state index contributed by atoms with van der Waals surface area (Å²) >= 11 is 0. The number of benzene rings is 3. The van der Waals surface area contributed by atoms with Crippen LogP contribution in [-0.2, 0) is 22.0 Å². The standard InChI is InChI=1S/C21H19NO2S/c1-16-11-13-19(14-12-16)25(24)20-10-6-5-7-17(20)15-21(23)22-18-8-3-2-4-9-18/h2-14H,15H2,1H3,(H,22,23). The Balaban J connectivity index is 1.80. The average Bonchev–Trinajstić information content (AvgIpc) is 2.63. The van der Waals surface area contributed by atoms with Crippen molar-refractivity contribution in [2.24, 2.45) is 0 Å². The molecule has 0 aromatic heterocycles. The summed E-state index contributed by atoms with van der Waals surface area (Å²) in [7, 11) is -1.31. The third kappa shape index (κ3) is 4.43. The van der Waals surface area contributed by atoms with Gasteiger partial charge in [-0.3, -0.25) is 4.79 Å². The van der Waals surface area contributed by atoms with Crippen LogP contribution in [0.2, 0.25) is 0 Å². The molecule has 0 saturated heterocycles. The normalized spacial score (nSPS) is 11.7. The molecule has 0 spiro atoms. The molecule has 1 amide bonds. The van der Waals surface area contributed by atoms with Gasteiger partial charge in [0.1, 0.15) is 0 Å². The van der Waals surface area contributed by atoms with Crippen LogP contribution in [0.1, 0.15) is 11.1 Å². The minimum atomic E-state index is -1.31. The van der Waals surface area contributed by atoms with E-state index in [1.807, 2.05) is 85.8 Å². The molecule has 0 fully saturated rings. The maximum Gasteiger partial charge on any atom is 0.228 e. The molecule has 3 aromatic carbocycles. The molecule has 25 heavy (non-hydrogen) atoms. The summed E-state index contributed by atoms with van der Waals surface area (Å²) in [5.41, 5.74) is 2.65. The molecule has 3 rings (SSSR count). The summed E-state index contributed by atoms with van der Waals surface area (Å²) in [5, 5.41) is 2.87. The summed E-state index contributed by atoms with van der Waals surface area (Å²) < 4.78 is 12.9. The van der Waals surface area contributed by atoms with Gasteiger partial charge in [0.05, 0.1) is 17.2 Å². The molecule has 1 atom stereocenters. The van der Waals surface area contributed by atoms with Gasteiger partial charge in [-0.15, -0.1) is 0 Å². The lowest BCUT2D eigenvalue weighted by Crippen LogP contribution is -2.15. The van der Waals surface area contributed by atoms with Gasteiger partial charge in [-0.1, -0.05) is 54.1 Å². The van der Waals surface area contributed by atoms with Gasteiger partial charge < -0.3 is 5.32 Å². The molecule has 1 unspecified atom stereocenters.